The first-order chi connectivity index (χ1) is 28.0. The summed E-state index contributed by atoms with van der Waals surface area (Å²) in [5.74, 6) is 0. The van der Waals surface area contributed by atoms with Crippen LogP contribution in [0.15, 0.2) is 205 Å². The molecule has 0 bridgehead atoms. The van der Waals surface area contributed by atoms with Crippen molar-refractivity contribution in [3.63, 3.8) is 0 Å². The van der Waals surface area contributed by atoms with Gasteiger partial charge in [0.2, 0.25) is 0 Å². The number of furan rings is 1. The monoisotopic (exact) mass is 729 g/mol. The molecule has 0 fully saturated rings. The molecule has 0 unspecified atom stereocenters. The van der Waals surface area contributed by atoms with E-state index in [0.717, 1.165) is 50.1 Å². The standard InChI is InChI=1S/C55H39NO/c1-55(2)49-24-8-5-18-44(49)47-23-12-21-43(54(47)55)37-30-32-41(33-31-37)56(42-17-11-16-39(35-42)40-29-28-36-14-3-4-15-38(36)34-40)50-25-9-6-19-45(50)46-22-13-27-52-53(46)48-20-7-10-26-51(48)57-52/h3-35H,1-2H3. The lowest BCUT2D eigenvalue weighted by atomic mass is 9.79. The molecule has 0 saturated carbocycles. The van der Waals surface area contributed by atoms with Gasteiger partial charge in [0.25, 0.3) is 0 Å². The van der Waals surface area contributed by atoms with Crippen molar-refractivity contribution in [2.45, 2.75) is 19.3 Å². The molecule has 0 amide bonds. The SMILES string of the molecule is CC1(C)c2ccccc2-c2cccc(-c3ccc(N(c4cccc(-c5ccc6ccccc6c5)c4)c4ccccc4-c4cccc5oc6ccccc6c45)cc3)c21. The molecule has 9 aromatic carbocycles. The van der Waals surface area contributed by atoms with Gasteiger partial charge in [-0.05, 0) is 109 Å². The number of anilines is 3. The van der Waals surface area contributed by atoms with Crippen LogP contribution in [-0.2, 0) is 5.41 Å². The molecule has 2 heteroatoms. The first-order valence-corrected chi connectivity index (χ1v) is 19.8. The van der Waals surface area contributed by atoms with Crippen LogP contribution in [0.4, 0.5) is 17.1 Å². The van der Waals surface area contributed by atoms with E-state index in [-0.39, 0.29) is 5.41 Å². The van der Waals surface area contributed by atoms with E-state index in [9.17, 15) is 0 Å². The summed E-state index contributed by atoms with van der Waals surface area (Å²) >= 11 is 0. The molecule has 1 aliphatic carbocycles. The van der Waals surface area contributed by atoms with Crippen LogP contribution >= 0.6 is 0 Å². The van der Waals surface area contributed by atoms with Gasteiger partial charge in [0, 0.05) is 33.1 Å². The second kappa shape index (κ2) is 13.0. The predicted octanol–water partition coefficient (Wildman–Crippen LogP) is 15.5. The highest BCUT2D eigenvalue weighted by molar-refractivity contribution is 6.14. The van der Waals surface area contributed by atoms with Crippen molar-refractivity contribution in [3.05, 3.63) is 211 Å². The molecule has 0 aliphatic heterocycles. The largest absolute Gasteiger partial charge is 0.456 e. The van der Waals surface area contributed by atoms with E-state index in [1.807, 2.05) is 6.07 Å². The van der Waals surface area contributed by atoms with Crippen LogP contribution < -0.4 is 4.90 Å². The van der Waals surface area contributed by atoms with Gasteiger partial charge in [0.1, 0.15) is 11.2 Å². The molecule has 1 aromatic heterocycles. The highest BCUT2D eigenvalue weighted by Gasteiger charge is 2.37. The van der Waals surface area contributed by atoms with Crippen LogP contribution in [0, 0.1) is 0 Å². The van der Waals surface area contributed by atoms with Crippen LogP contribution in [0.25, 0.3) is 77.2 Å². The Labute approximate surface area is 332 Å². The summed E-state index contributed by atoms with van der Waals surface area (Å²) in [7, 11) is 0. The summed E-state index contributed by atoms with van der Waals surface area (Å²) in [5.41, 5.74) is 17.5. The lowest BCUT2D eigenvalue weighted by Crippen LogP contribution is -2.16. The number of nitrogens with zero attached hydrogens (tertiary/aromatic N) is 1. The minimum atomic E-state index is -0.104. The van der Waals surface area contributed by atoms with Crippen LogP contribution in [0.5, 0.6) is 0 Å². The van der Waals surface area contributed by atoms with Crippen molar-refractivity contribution >= 4 is 49.8 Å². The van der Waals surface area contributed by atoms with Crippen molar-refractivity contribution in [1.29, 1.82) is 0 Å². The van der Waals surface area contributed by atoms with Crippen molar-refractivity contribution < 1.29 is 4.42 Å². The predicted molar refractivity (Wildman–Crippen MR) is 240 cm³/mol. The fourth-order valence-electron chi connectivity index (χ4n) is 9.39. The van der Waals surface area contributed by atoms with E-state index in [0.29, 0.717) is 0 Å². The van der Waals surface area contributed by atoms with Crippen molar-refractivity contribution in [2.24, 2.45) is 0 Å². The van der Waals surface area contributed by atoms with Gasteiger partial charge in [-0.1, -0.05) is 166 Å². The Kier molecular flexibility index (Phi) is 7.55. The molecule has 0 N–H and O–H groups in total. The van der Waals surface area contributed by atoms with Gasteiger partial charge in [-0.25, -0.2) is 0 Å². The molecule has 270 valence electrons. The first kappa shape index (κ1) is 33.2. The number of hydrogen-bond acceptors (Lipinski definition) is 2. The number of benzene rings is 9. The van der Waals surface area contributed by atoms with Crippen LogP contribution in [0.1, 0.15) is 25.0 Å². The Morgan fingerprint density at radius 2 is 1.04 bits per heavy atom. The van der Waals surface area contributed by atoms with E-state index in [1.54, 1.807) is 0 Å². The van der Waals surface area contributed by atoms with Crippen molar-refractivity contribution in [3.8, 4) is 44.5 Å². The van der Waals surface area contributed by atoms with Gasteiger partial charge in [-0.3, -0.25) is 0 Å². The highest BCUT2D eigenvalue weighted by Crippen LogP contribution is 2.52. The molecular formula is C55H39NO. The molecule has 0 saturated heterocycles. The lowest BCUT2D eigenvalue weighted by molar-refractivity contribution is 0.662. The van der Waals surface area contributed by atoms with E-state index >= 15 is 0 Å². The molecule has 1 heterocycles. The Morgan fingerprint density at radius 3 is 1.93 bits per heavy atom. The summed E-state index contributed by atoms with van der Waals surface area (Å²) in [6.45, 7) is 4.72. The zero-order valence-electron chi connectivity index (χ0n) is 31.9. The van der Waals surface area contributed by atoms with Gasteiger partial charge in [-0.15, -0.1) is 0 Å². The van der Waals surface area contributed by atoms with Gasteiger partial charge in [-0.2, -0.15) is 0 Å². The molecule has 0 spiro atoms. The zero-order valence-corrected chi connectivity index (χ0v) is 31.9. The molecule has 11 rings (SSSR count). The third-order valence-corrected chi connectivity index (χ3v) is 12.0. The van der Waals surface area contributed by atoms with E-state index in [2.05, 4.69) is 213 Å². The fourth-order valence-corrected chi connectivity index (χ4v) is 9.39. The summed E-state index contributed by atoms with van der Waals surface area (Å²) in [6.07, 6.45) is 0. The molecule has 1 aliphatic rings. The molecule has 10 aromatic rings. The molecule has 57 heavy (non-hydrogen) atoms. The summed E-state index contributed by atoms with van der Waals surface area (Å²) in [5, 5.41) is 4.72. The van der Waals surface area contributed by atoms with Gasteiger partial charge in [0.05, 0.1) is 5.69 Å². The normalized spacial score (nSPS) is 12.9. The van der Waals surface area contributed by atoms with E-state index in [1.165, 1.54) is 55.3 Å². The van der Waals surface area contributed by atoms with Crippen molar-refractivity contribution in [1.82, 2.24) is 0 Å². The smallest absolute Gasteiger partial charge is 0.136 e. The Morgan fingerprint density at radius 1 is 0.404 bits per heavy atom. The number of hydrogen-bond donors (Lipinski definition) is 0. The average molecular weight is 730 g/mol. The van der Waals surface area contributed by atoms with E-state index < -0.39 is 0 Å². The molecule has 0 radical (unpaired) electrons. The molecule has 2 nitrogen and oxygen atoms in total. The second-order valence-corrected chi connectivity index (χ2v) is 15.7. The van der Waals surface area contributed by atoms with Gasteiger partial charge in [0.15, 0.2) is 0 Å². The first-order valence-electron chi connectivity index (χ1n) is 19.8. The summed E-state index contributed by atoms with van der Waals surface area (Å²) in [4.78, 5) is 2.42. The summed E-state index contributed by atoms with van der Waals surface area (Å²) < 4.78 is 6.39. The molecule has 0 atom stereocenters. The fraction of sp³-hybridized carbons (Fsp3) is 0.0545. The number of para-hydroxylation sites is 2. The minimum Gasteiger partial charge on any atom is -0.456 e. The maximum Gasteiger partial charge on any atom is 0.136 e. The van der Waals surface area contributed by atoms with Crippen molar-refractivity contribution in [2.75, 3.05) is 4.90 Å². The Balaban J connectivity index is 1.09. The number of fused-ring (bicyclic) bond motifs is 7. The maximum atomic E-state index is 6.39. The van der Waals surface area contributed by atoms with E-state index in [4.69, 9.17) is 4.42 Å². The zero-order chi connectivity index (χ0) is 38.1. The average Bonchev–Trinajstić information content (AvgIpc) is 3.76. The summed E-state index contributed by atoms with van der Waals surface area (Å²) in [6, 6.07) is 72.6. The topological polar surface area (TPSA) is 16.4 Å². The van der Waals surface area contributed by atoms with Gasteiger partial charge < -0.3 is 9.32 Å². The highest BCUT2D eigenvalue weighted by atomic mass is 16.3. The van der Waals surface area contributed by atoms with Gasteiger partial charge >= 0.3 is 0 Å². The Bertz CT molecular complexity index is 3170. The minimum absolute atomic E-state index is 0.104. The van der Waals surface area contributed by atoms with Crippen LogP contribution in [0.2, 0.25) is 0 Å². The second-order valence-electron chi connectivity index (χ2n) is 15.7. The quantitative estimate of drug-likeness (QED) is 0.169. The van der Waals surface area contributed by atoms with Crippen LogP contribution in [-0.4, -0.2) is 0 Å². The number of rotatable bonds is 6. The third kappa shape index (κ3) is 5.33. The van der Waals surface area contributed by atoms with Crippen LogP contribution in [0.3, 0.4) is 0 Å². The lowest BCUT2D eigenvalue weighted by Gasteiger charge is -2.29. The molecular weight excluding hydrogens is 691 g/mol. The third-order valence-electron chi connectivity index (χ3n) is 12.0. The Hall–Kier alpha value is -7.16. The maximum absolute atomic E-state index is 6.39.